The number of likely N-dealkylation sites (tertiary alicyclic amines) is 1. The highest BCUT2D eigenvalue weighted by atomic mass is 16.3. The van der Waals surface area contributed by atoms with Crippen molar-refractivity contribution < 1.29 is 9.90 Å². The van der Waals surface area contributed by atoms with Gasteiger partial charge < -0.3 is 14.6 Å². The van der Waals surface area contributed by atoms with Crippen LogP contribution in [0.1, 0.15) is 40.8 Å². The van der Waals surface area contributed by atoms with E-state index in [-0.39, 0.29) is 12.5 Å². The Labute approximate surface area is 153 Å². The molecule has 2 aromatic rings. The van der Waals surface area contributed by atoms with Gasteiger partial charge in [-0.05, 0) is 32.0 Å². The van der Waals surface area contributed by atoms with E-state index in [1.165, 1.54) is 0 Å². The summed E-state index contributed by atoms with van der Waals surface area (Å²) in [6, 6.07) is 3.51. The molecule has 0 saturated carbocycles. The molecule has 1 aliphatic rings. The van der Waals surface area contributed by atoms with E-state index in [9.17, 15) is 4.79 Å². The van der Waals surface area contributed by atoms with E-state index in [4.69, 9.17) is 5.11 Å². The van der Waals surface area contributed by atoms with Crippen LogP contribution in [0.15, 0.2) is 24.5 Å². The van der Waals surface area contributed by atoms with Gasteiger partial charge in [0.25, 0.3) is 5.91 Å². The van der Waals surface area contributed by atoms with Crippen LogP contribution < -0.4 is 0 Å². The molecule has 0 radical (unpaired) electrons. The fourth-order valence-corrected chi connectivity index (χ4v) is 3.38. The lowest BCUT2D eigenvalue weighted by Crippen LogP contribution is -2.38. The quantitative estimate of drug-likeness (QED) is 0.816. The van der Waals surface area contributed by atoms with Crippen LogP contribution in [0, 0.1) is 0 Å². The van der Waals surface area contributed by atoms with Gasteiger partial charge in [0.1, 0.15) is 11.6 Å². The summed E-state index contributed by atoms with van der Waals surface area (Å²) in [5, 5.41) is 17.7. The van der Waals surface area contributed by atoms with Gasteiger partial charge in [-0.15, -0.1) is 10.2 Å². The van der Waals surface area contributed by atoms with Crippen molar-refractivity contribution in [2.24, 2.45) is 7.05 Å². The third-order valence-corrected chi connectivity index (χ3v) is 4.97. The van der Waals surface area contributed by atoms with Crippen LogP contribution in [-0.4, -0.2) is 73.9 Å². The summed E-state index contributed by atoms with van der Waals surface area (Å²) in [6.07, 6.45) is 5.06. The van der Waals surface area contributed by atoms with Gasteiger partial charge in [-0.2, -0.15) is 0 Å². The van der Waals surface area contributed by atoms with Crippen molar-refractivity contribution in [1.82, 2.24) is 29.5 Å². The first-order valence-corrected chi connectivity index (χ1v) is 8.97. The Hall–Kier alpha value is -2.32. The highest BCUT2D eigenvalue weighted by Crippen LogP contribution is 2.27. The zero-order valence-electron chi connectivity index (χ0n) is 15.4. The molecule has 2 aromatic heterocycles. The average molecular weight is 358 g/mol. The van der Waals surface area contributed by atoms with Crippen LogP contribution in [0.5, 0.6) is 0 Å². The van der Waals surface area contributed by atoms with Crippen molar-refractivity contribution >= 4 is 5.91 Å². The standard InChI is InChI=1S/C18H26N6O2/c1-22(11-12-25)13-16-20-21-17(23(16)2)14-5-9-24(10-6-14)18(26)15-3-7-19-8-4-15/h3-4,7-8,14,25H,5-6,9-13H2,1-2H3. The number of pyridine rings is 1. The second-order valence-corrected chi connectivity index (χ2v) is 6.80. The molecule has 1 saturated heterocycles. The molecule has 140 valence electrons. The van der Waals surface area contributed by atoms with E-state index < -0.39 is 0 Å². The molecular weight excluding hydrogens is 332 g/mol. The molecule has 0 bridgehead atoms. The van der Waals surface area contributed by atoms with Gasteiger partial charge >= 0.3 is 0 Å². The van der Waals surface area contributed by atoms with Crippen molar-refractivity contribution in [3.8, 4) is 0 Å². The third kappa shape index (κ3) is 4.08. The molecule has 0 aromatic carbocycles. The Balaban J connectivity index is 1.60. The van der Waals surface area contributed by atoms with E-state index in [0.717, 1.165) is 37.6 Å². The zero-order chi connectivity index (χ0) is 18.5. The molecule has 1 amide bonds. The number of hydrogen-bond donors (Lipinski definition) is 1. The first-order valence-electron chi connectivity index (χ1n) is 8.97. The minimum absolute atomic E-state index is 0.0649. The number of piperidine rings is 1. The van der Waals surface area contributed by atoms with Gasteiger partial charge in [-0.1, -0.05) is 0 Å². The van der Waals surface area contributed by atoms with E-state index in [1.807, 2.05) is 23.9 Å². The molecule has 0 spiro atoms. The molecule has 8 nitrogen and oxygen atoms in total. The number of carbonyl (C=O) groups excluding carboxylic acids is 1. The number of aliphatic hydroxyl groups is 1. The number of aliphatic hydroxyl groups excluding tert-OH is 1. The van der Waals surface area contributed by atoms with Crippen LogP contribution >= 0.6 is 0 Å². The van der Waals surface area contributed by atoms with Crippen molar-refractivity contribution in [3.63, 3.8) is 0 Å². The maximum Gasteiger partial charge on any atom is 0.253 e. The number of likely N-dealkylation sites (N-methyl/N-ethyl adjacent to an activating group) is 1. The van der Waals surface area contributed by atoms with Crippen LogP contribution in [0.4, 0.5) is 0 Å². The summed E-state index contributed by atoms with van der Waals surface area (Å²) in [6.45, 7) is 2.84. The molecule has 1 fully saturated rings. The summed E-state index contributed by atoms with van der Waals surface area (Å²) in [7, 11) is 3.94. The first-order chi connectivity index (χ1) is 12.6. The third-order valence-electron chi connectivity index (χ3n) is 4.97. The molecule has 1 aliphatic heterocycles. The molecular formula is C18H26N6O2. The summed E-state index contributed by atoms with van der Waals surface area (Å²) in [5.41, 5.74) is 0.686. The second-order valence-electron chi connectivity index (χ2n) is 6.80. The topological polar surface area (TPSA) is 87.4 Å². The van der Waals surface area contributed by atoms with Crippen molar-refractivity contribution in [3.05, 3.63) is 41.7 Å². The summed E-state index contributed by atoms with van der Waals surface area (Å²) in [5.74, 6) is 2.25. The number of carbonyl (C=O) groups is 1. The second kappa shape index (κ2) is 8.37. The largest absolute Gasteiger partial charge is 0.395 e. The van der Waals surface area contributed by atoms with Gasteiger partial charge in [0.15, 0.2) is 0 Å². The first kappa shape index (κ1) is 18.5. The van der Waals surface area contributed by atoms with Crippen LogP contribution in [0.3, 0.4) is 0 Å². The van der Waals surface area contributed by atoms with Crippen LogP contribution in [0.25, 0.3) is 0 Å². The predicted octanol–water partition coefficient (Wildman–Crippen LogP) is 0.654. The number of nitrogens with zero attached hydrogens (tertiary/aromatic N) is 6. The van der Waals surface area contributed by atoms with E-state index in [1.54, 1.807) is 24.5 Å². The molecule has 8 heteroatoms. The predicted molar refractivity (Wildman–Crippen MR) is 96.5 cm³/mol. The Bertz CT molecular complexity index is 725. The zero-order valence-corrected chi connectivity index (χ0v) is 15.4. The minimum atomic E-state index is 0.0649. The average Bonchev–Trinajstić information content (AvgIpc) is 3.02. The van der Waals surface area contributed by atoms with Gasteiger partial charge in [0, 0.05) is 50.6 Å². The van der Waals surface area contributed by atoms with Crippen LogP contribution in [-0.2, 0) is 13.6 Å². The number of rotatable bonds is 6. The molecule has 1 N–H and O–H groups in total. The fraction of sp³-hybridized carbons (Fsp3) is 0.556. The summed E-state index contributed by atoms with van der Waals surface area (Å²) >= 11 is 0. The normalized spacial score (nSPS) is 15.6. The minimum Gasteiger partial charge on any atom is -0.395 e. The molecule has 3 heterocycles. The van der Waals surface area contributed by atoms with Crippen molar-refractivity contribution in [2.45, 2.75) is 25.3 Å². The molecule has 3 rings (SSSR count). The van der Waals surface area contributed by atoms with E-state index >= 15 is 0 Å². The molecule has 0 aliphatic carbocycles. The Kier molecular flexibility index (Phi) is 5.95. The van der Waals surface area contributed by atoms with Gasteiger partial charge in [-0.3, -0.25) is 14.7 Å². The van der Waals surface area contributed by atoms with Gasteiger partial charge in [0.2, 0.25) is 0 Å². The maximum atomic E-state index is 12.5. The Morgan fingerprint density at radius 3 is 2.62 bits per heavy atom. The van der Waals surface area contributed by atoms with Gasteiger partial charge in [-0.25, -0.2) is 0 Å². The van der Waals surface area contributed by atoms with Gasteiger partial charge in [0.05, 0.1) is 13.2 Å². The van der Waals surface area contributed by atoms with Crippen LogP contribution in [0.2, 0.25) is 0 Å². The lowest BCUT2D eigenvalue weighted by molar-refractivity contribution is 0.0710. The Morgan fingerprint density at radius 2 is 1.96 bits per heavy atom. The number of aromatic nitrogens is 4. The summed E-state index contributed by atoms with van der Waals surface area (Å²) < 4.78 is 2.05. The highest BCUT2D eigenvalue weighted by molar-refractivity contribution is 5.94. The molecule has 26 heavy (non-hydrogen) atoms. The molecule has 0 unspecified atom stereocenters. The lowest BCUT2D eigenvalue weighted by atomic mass is 9.95. The Morgan fingerprint density at radius 1 is 1.27 bits per heavy atom. The molecule has 0 atom stereocenters. The highest BCUT2D eigenvalue weighted by Gasteiger charge is 2.27. The monoisotopic (exact) mass is 358 g/mol. The fourth-order valence-electron chi connectivity index (χ4n) is 3.38. The smallest absolute Gasteiger partial charge is 0.253 e. The van der Waals surface area contributed by atoms with Crippen molar-refractivity contribution in [2.75, 3.05) is 33.3 Å². The number of hydrogen-bond acceptors (Lipinski definition) is 6. The number of amides is 1. The summed E-state index contributed by atoms with van der Waals surface area (Å²) in [4.78, 5) is 20.4. The maximum absolute atomic E-state index is 12.5. The van der Waals surface area contributed by atoms with E-state index in [0.29, 0.717) is 24.6 Å². The lowest BCUT2D eigenvalue weighted by Gasteiger charge is -2.31. The van der Waals surface area contributed by atoms with E-state index in [2.05, 4.69) is 19.7 Å². The SMILES string of the molecule is CN(CCO)Cc1nnc(C2CCN(C(=O)c3ccncc3)CC2)n1C. The van der Waals surface area contributed by atoms with Crippen molar-refractivity contribution in [1.29, 1.82) is 0 Å².